The molecule has 0 aromatic carbocycles. The minimum absolute atomic E-state index is 0.188. The van der Waals surface area contributed by atoms with Crippen molar-refractivity contribution in [3.63, 3.8) is 0 Å². The molecule has 0 bridgehead atoms. The van der Waals surface area contributed by atoms with E-state index in [1.54, 1.807) is 11.3 Å². The van der Waals surface area contributed by atoms with E-state index >= 15 is 0 Å². The molecule has 2 aromatic heterocycles. The zero-order valence-electron chi connectivity index (χ0n) is 13.0. The van der Waals surface area contributed by atoms with Gasteiger partial charge in [0.05, 0.1) is 12.5 Å². The summed E-state index contributed by atoms with van der Waals surface area (Å²) in [4.78, 5) is 21.0. The largest absolute Gasteiger partial charge is 0.363 e. The van der Waals surface area contributed by atoms with Crippen molar-refractivity contribution in [2.24, 2.45) is 0 Å². The van der Waals surface area contributed by atoms with Gasteiger partial charge in [0.2, 0.25) is 5.91 Å². The van der Waals surface area contributed by atoms with Crippen LogP contribution < -0.4 is 4.90 Å². The fourth-order valence-corrected chi connectivity index (χ4v) is 3.64. The molecule has 0 radical (unpaired) electrons. The Labute approximate surface area is 135 Å². The van der Waals surface area contributed by atoms with Gasteiger partial charge in [0.25, 0.3) is 0 Å². The van der Waals surface area contributed by atoms with Gasteiger partial charge in [-0.15, -0.1) is 0 Å². The summed E-state index contributed by atoms with van der Waals surface area (Å²) >= 11 is 1.64. The lowest BCUT2D eigenvalue weighted by Crippen LogP contribution is -2.31. The number of rotatable bonds is 4. The first-order chi connectivity index (χ1) is 10.6. The van der Waals surface area contributed by atoms with Gasteiger partial charge < -0.3 is 9.80 Å². The standard InChI is InChI=1S/C17H21N3OS/c1-19(2)16-11-14(5-7-18-16)15-4-3-8-20(15)17(21)10-13-6-9-22-12-13/h5-7,9,11-12,15H,3-4,8,10H2,1-2H3/t15-/m1/s1. The predicted octanol–water partition coefficient (Wildman–Crippen LogP) is 3.12. The Kier molecular flexibility index (Phi) is 4.43. The molecule has 3 heterocycles. The molecule has 1 saturated heterocycles. The number of hydrogen-bond acceptors (Lipinski definition) is 4. The third kappa shape index (κ3) is 3.14. The highest BCUT2D eigenvalue weighted by molar-refractivity contribution is 7.07. The topological polar surface area (TPSA) is 36.4 Å². The smallest absolute Gasteiger partial charge is 0.227 e. The fourth-order valence-electron chi connectivity index (χ4n) is 2.97. The van der Waals surface area contributed by atoms with Crippen LogP contribution in [0.2, 0.25) is 0 Å². The van der Waals surface area contributed by atoms with Crippen molar-refractivity contribution < 1.29 is 4.79 Å². The molecule has 0 N–H and O–H groups in total. The first-order valence-electron chi connectivity index (χ1n) is 7.59. The van der Waals surface area contributed by atoms with E-state index in [2.05, 4.69) is 16.4 Å². The summed E-state index contributed by atoms with van der Waals surface area (Å²) < 4.78 is 0. The van der Waals surface area contributed by atoms with Crippen molar-refractivity contribution in [1.29, 1.82) is 0 Å². The van der Waals surface area contributed by atoms with Gasteiger partial charge in [-0.3, -0.25) is 4.79 Å². The summed E-state index contributed by atoms with van der Waals surface area (Å²) in [5, 5.41) is 4.08. The Morgan fingerprint density at radius 3 is 3.05 bits per heavy atom. The average molecular weight is 315 g/mol. The quantitative estimate of drug-likeness (QED) is 0.870. The summed E-state index contributed by atoms with van der Waals surface area (Å²) in [6, 6.07) is 6.35. The van der Waals surface area contributed by atoms with E-state index in [0.29, 0.717) is 6.42 Å². The van der Waals surface area contributed by atoms with E-state index in [0.717, 1.165) is 30.8 Å². The van der Waals surface area contributed by atoms with E-state index in [1.807, 2.05) is 47.6 Å². The van der Waals surface area contributed by atoms with Crippen molar-refractivity contribution in [3.05, 3.63) is 46.3 Å². The lowest BCUT2D eigenvalue weighted by Gasteiger charge is -2.26. The van der Waals surface area contributed by atoms with Crippen molar-refractivity contribution >= 4 is 23.1 Å². The van der Waals surface area contributed by atoms with E-state index in [-0.39, 0.29) is 11.9 Å². The van der Waals surface area contributed by atoms with Crippen LogP contribution in [0.1, 0.15) is 30.0 Å². The van der Waals surface area contributed by atoms with Crippen LogP contribution in [0.3, 0.4) is 0 Å². The summed E-state index contributed by atoms with van der Waals surface area (Å²) in [6.07, 6.45) is 4.45. The number of thiophene rings is 1. The van der Waals surface area contributed by atoms with Crippen LogP contribution in [0.5, 0.6) is 0 Å². The predicted molar refractivity (Wildman–Crippen MR) is 90.3 cm³/mol. The molecular formula is C17H21N3OS. The van der Waals surface area contributed by atoms with Crippen LogP contribution in [0.4, 0.5) is 5.82 Å². The molecule has 1 aliphatic heterocycles. The molecule has 0 spiro atoms. The third-order valence-electron chi connectivity index (χ3n) is 4.12. The molecule has 0 saturated carbocycles. The van der Waals surface area contributed by atoms with Crippen LogP contribution in [0.25, 0.3) is 0 Å². The molecule has 0 unspecified atom stereocenters. The van der Waals surface area contributed by atoms with Crippen LogP contribution in [0, 0.1) is 0 Å². The Balaban J connectivity index is 1.78. The van der Waals surface area contributed by atoms with E-state index in [9.17, 15) is 4.79 Å². The van der Waals surface area contributed by atoms with Crippen molar-refractivity contribution in [1.82, 2.24) is 9.88 Å². The molecule has 1 aliphatic rings. The van der Waals surface area contributed by atoms with E-state index in [4.69, 9.17) is 0 Å². The zero-order valence-corrected chi connectivity index (χ0v) is 13.8. The third-order valence-corrected chi connectivity index (χ3v) is 4.85. The fraction of sp³-hybridized carbons (Fsp3) is 0.412. The zero-order chi connectivity index (χ0) is 15.5. The first kappa shape index (κ1) is 15.0. The lowest BCUT2D eigenvalue weighted by atomic mass is 10.1. The monoisotopic (exact) mass is 315 g/mol. The van der Waals surface area contributed by atoms with Crippen LogP contribution in [-0.4, -0.2) is 36.4 Å². The number of hydrogen-bond donors (Lipinski definition) is 0. The first-order valence-corrected chi connectivity index (χ1v) is 8.53. The molecular weight excluding hydrogens is 294 g/mol. The van der Waals surface area contributed by atoms with Gasteiger partial charge in [0.1, 0.15) is 5.82 Å². The lowest BCUT2D eigenvalue weighted by molar-refractivity contribution is -0.131. The van der Waals surface area contributed by atoms with Gasteiger partial charge in [0.15, 0.2) is 0 Å². The normalized spacial score (nSPS) is 17.7. The number of likely N-dealkylation sites (tertiary alicyclic amines) is 1. The minimum atomic E-state index is 0.188. The Hall–Kier alpha value is -1.88. The second kappa shape index (κ2) is 6.48. The summed E-state index contributed by atoms with van der Waals surface area (Å²) in [7, 11) is 3.97. The number of carbonyl (C=O) groups is 1. The molecule has 0 aliphatic carbocycles. The molecule has 1 amide bonds. The molecule has 5 heteroatoms. The maximum atomic E-state index is 12.6. The highest BCUT2D eigenvalue weighted by Crippen LogP contribution is 2.33. The van der Waals surface area contributed by atoms with Gasteiger partial charge in [0, 0.05) is 26.8 Å². The number of pyridine rings is 1. The Bertz CT molecular complexity index is 639. The minimum Gasteiger partial charge on any atom is -0.363 e. The second-order valence-electron chi connectivity index (χ2n) is 5.90. The molecule has 4 nitrogen and oxygen atoms in total. The number of anilines is 1. The molecule has 116 valence electrons. The number of carbonyl (C=O) groups excluding carboxylic acids is 1. The van der Waals surface area contributed by atoms with Crippen LogP contribution >= 0.6 is 11.3 Å². The Morgan fingerprint density at radius 2 is 2.32 bits per heavy atom. The molecule has 3 rings (SSSR count). The van der Waals surface area contributed by atoms with Gasteiger partial charge >= 0.3 is 0 Å². The second-order valence-corrected chi connectivity index (χ2v) is 6.68. The van der Waals surface area contributed by atoms with Crippen molar-refractivity contribution in [3.8, 4) is 0 Å². The van der Waals surface area contributed by atoms with E-state index < -0.39 is 0 Å². The molecule has 1 fully saturated rings. The number of amides is 1. The van der Waals surface area contributed by atoms with Gasteiger partial charge in [-0.25, -0.2) is 4.98 Å². The SMILES string of the molecule is CN(C)c1cc([C@H]2CCCN2C(=O)Cc2ccsc2)ccn1. The maximum Gasteiger partial charge on any atom is 0.227 e. The van der Waals surface area contributed by atoms with Gasteiger partial charge in [-0.1, -0.05) is 0 Å². The maximum absolute atomic E-state index is 12.6. The van der Waals surface area contributed by atoms with E-state index in [1.165, 1.54) is 5.56 Å². The van der Waals surface area contributed by atoms with Crippen molar-refractivity contribution in [2.45, 2.75) is 25.3 Å². The number of aromatic nitrogens is 1. The summed E-state index contributed by atoms with van der Waals surface area (Å²) in [5.74, 6) is 1.17. The number of nitrogens with zero attached hydrogens (tertiary/aromatic N) is 3. The Morgan fingerprint density at radius 1 is 1.45 bits per heavy atom. The summed E-state index contributed by atoms with van der Waals surface area (Å²) in [6.45, 7) is 0.854. The van der Waals surface area contributed by atoms with Gasteiger partial charge in [-0.2, -0.15) is 11.3 Å². The summed E-state index contributed by atoms with van der Waals surface area (Å²) in [5.41, 5.74) is 2.30. The molecule has 1 atom stereocenters. The molecule has 2 aromatic rings. The van der Waals surface area contributed by atoms with Crippen molar-refractivity contribution in [2.75, 3.05) is 25.5 Å². The highest BCUT2D eigenvalue weighted by atomic mass is 32.1. The van der Waals surface area contributed by atoms with Crippen LogP contribution in [0.15, 0.2) is 35.2 Å². The van der Waals surface area contributed by atoms with Crippen LogP contribution in [-0.2, 0) is 11.2 Å². The van der Waals surface area contributed by atoms with Gasteiger partial charge in [-0.05, 0) is 52.9 Å². The highest BCUT2D eigenvalue weighted by Gasteiger charge is 2.30. The molecule has 22 heavy (non-hydrogen) atoms. The average Bonchev–Trinajstić information content (AvgIpc) is 3.18.